The van der Waals surface area contributed by atoms with Gasteiger partial charge in [-0.1, -0.05) is 0 Å². The molecule has 1 aromatic rings. The summed E-state index contributed by atoms with van der Waals surface area (Å²) in [7, 11) is 3.18. The number of rotatable bonds is 7. The van der Waals surface area contributed by atoms with Crippen molar-refractivity contribution in [2.45, 2.75) is 20.3 Å². The number of hydrogen-bond donors (Lipinski definition) is 2. The first kappa shape index (κ1) is 15.1. The van der Waals surface area contributed by atoms with Crippen LogP contribution in [0.1, 0.15) is 20.3 Å². The van der Waals surface area contributed by atoms with Crippen molar-refractivity contribution in [2.24, 2.45) is 5.41 Å². The van der Waals surface area contributed by atoms with Crippen LogP contribution in [-0.4, -0.2) is 31.8 Å². The Balaban J connectivity index is 2.65. The van der Waals surface area contributed by atoms with Crippen LogP contribution in [0.5, 0.6) is 11.5 Å². The summed E-state index contributed by atoms with van der Waals surface area (Å²) >= 11 is 0. The van der Waals surface area contributed by atoms with Crippen molar-refractivity contribution in [2.75, 3.05) is 26.1 Å². The number of methoxy groups -OCH3 is 2. The highest BCUT2D eigenvalue weighted by Crippen LogP contribution is 2.29. The molecule has 0 aliphatic carbocycles. The van der Waals surface area contributed by atoms with Gasteiger partial charge in [0.05, 0.1) is 25.3 Å². The van der Waals surface area contributed by atoms with E-state index in [1.165, 1.54) is 0 Å². The summed E-state index contributed by atoms with van der Waals surface area (Å²) in [5.74, 6) is 0.594. The van der Waals surface area contributed by atoms with Gasteiger partial charge >= 0.3 is 5.97 Å². The highest BCUT2D eigenvalue weighted by molar-refractivity contribution is 5.73. The topological polar surface area (TPSA) is 67.8 Å². The van der Waals surface area contributed by atoms with Gasteiger partial charge in [-0.15, -0.1) is 0 Å². The summed E-state index contributed by atoms with van der Waals surface area (Å²) in [6.07, 6.45) is 0.525. The summed E-state index contributed by atoms with van der Waals surface area (Å²) in [4.78, 5) is 11.0. The van der Waals surface area contributed by atoms with Gasteiger partial charge in [-0.25, -0.2) is 0 Å². The molecule has 1 aromatic carbocycles. The summed E-state index contributed by atoms with van der Waals surface area (Å²) in [6.45, 7) is 3.98. The number of anilines is 1. The molecule has 5 heteroatoms. The van der Waals surface area contributed by atoms with Crippen LogP contribution in [0.2, 0.25) is 0 Å². The molecular weight excluding hydrogens is 246 g/mol. The van der Waals surface area contributed by atoms with E-state index in [-0.39, 0.29) is 0 Å². The molecule has 0 atom stereocenters. The molecule has 2 N–H and O–H groups in total. The lowest BCUT2D eigenvalue weighted by atomic mass is 9.90. The highest BCUT2D eigenvalue weighted by Gasteiger charge is 2.26. The van der Waals surface area contributed by atoms with E-state index in [2.05, 4.69) is 5.32 Å². The van der Waals surface area contributed by atoms with Crippen molar-refractivity contribution in [1.29, 1.82) is 0 Å². The van der Waals surface area contributed by atoms with Crippen molar-refractivity contribution >= 4 is 11.7 Å². The van der Waals surface area contributed by atoms with Crippen LogP contribution in [0.25, 0.3) is 0 Å². The highest BCUT2D eigenvalue weighted by atomic mass is 16.5. The monoisotopic (exact) mass is 267 g/mol. The number of carboxylic acid groups (broad SMARTS) is 1. The van der Waals surface area contributed by atoms with Crippen LogP contribution in [0.4, 0.5) is 5.69 Å². The molecule has 0 spiro atoms. The van der Waals surface area contributed by atoms with Crippen LogP contribution >= 0.6 is 0 Å². The zero-order valence-corrected chi connectivity index (χ0v) is 11.8. The van der Waals surface area contributed by atoms with Crippen molar-refractivity contribution in [3.63, 3.8) is 0 Å². The Morgan fingerprint density at radius 2 is 2.00 bits per heavy atom. The molecule has 19 heavy (non-hydrogen) atoms. The lowest BCUT2D eigenvalue weighted by molar-refractivity contribution is -0.147. The fraction of sp³-hybridized carbons (Fsp3) is 0.500. The van der Waals surface area contributed by atoms with Crippen LogP contribution in [-0.2, 0) is 4.79 Å². The SMILES string of the molecule is COc1ccc(NCCC(C)(C)C(=O)O)c(OC)c1. The summed E-state index contributed by atoms with van der Waals surface area (Å²) < 4.78 is 10.4. The third kappa shape index (κ3) is 4.05. The first-order chi connectivity index (χ1) is 8.90. The van der Waals surface area contributed by atoms with Crippen molar-refractivity contribution < 1.29 is 19.4 Å². The summed E-state index contributed by atoms with van der Waals surface area (Å²) in [5, 5.41) is 12.2. The van der Waals surface area contributed by atoms with Gasteiger partial charge in [-0.05, 0) is 32.4 Å². The molecule has 0 aliphatic heterocycles. The van der Waals surface area contributed by atoms with Gasteiger partial charge in [-0.2, -0.15) is 0 Å². The number of carbonyl (C=O) groups is 1. The Morgan fingerprint density at radius 1 is 1.32 bits per heavy atom. The maximum atomic E-state index is 11.0. The second-order valence-electron chi connectivity index (χ2n) is 4.93. The minimum absolute atomic E-state index is 0.525. The summed E-state index contributed by atoms with van der Waals surface area (Å²) in [6, 6.07) is 5.46. The van der Waals surface area contributed by atoms with Crippen molar-refractivity contribution in [3.8, 4) is 11.5 Å². The number of benzene rings is 1. The van der Waals surface area contributed by atoms with Crippen molar-refractivity contribution in [3.05, 3.63) is 18.2 Å². The Morgan fingerprint density at radius 3 is 2.53 bits per heavy atom. The first-order valence-corrected chi connectivity index (χ1v) is 6.10. The molecular formula is C14H21NO4. The largest absolute Gasteiger partial charge is 0.497 e. The van der Waals surface area contributed by atoms with E-state index in [9.17, 15) is 4.79 Å². The number of ether oxygens (including phenoxy) is 2. The number of carboxylic acids is 1. The Labute approximate surface area is 113 Å². The first-order valence-electron chi connectivity index (χ1n) is 6.10. The standard InChI is InChI=1S/C14H21NO4/c1-14(2,13(16)17)7-8-15-11-6-5-10(18-3)9-12(11)19-4/h5-6,9,15H,7-8H2,1-4H3,(H,16,17). The van der Waals surface area contributed by atoms with E-state index in [0.29, 0.717) is 24.5 Å². The molecule has 0 amide bonds. The quantitative estimate of drug-likeness (QED) is 0.795. The van der Waals surface area contributed by atoms with Gasteiger partial charge in [0, 0.05) is 12.6 Å². The molecule has 0 aliphatic rings. The molecule has 1 rings (SSSR count). The minimum atomic E-state index is -0.795. The smallest absolute Gasteiger partial charge is 0.309 e. The molecule has 0 heterocycles. The van der Waals surface area contributed by atoms with Gasteiger partial charge in [0.2, 0.25) is 0 Å². The molecule has 5 nitrogen and oxygen atoms in total. The Hall–Kier alpha value is -1.91. The molecule has 0 radical (unpaired) electrons. The third-order valence-corrected chi connectivity index (χ3v) is 3.05. The number of aliphatic carboxylic acids is 1. The van der Waals surface area contributed by atoms with E-state index in [1.807, 2.05) is 12.1 Å². The average molecular weight is 267 g/mol. The second kappa shape index (κ2) is 6.31. The molecule has 0 saturated carbocycles. The minimum Gasteiger partial charge on any atom is -0.497 e. The van der Waals surface area contributed by atoms with Gasteiger partial charge in [0.15, 0.2) is 0 Å². The van der Waals surface area contributed by atoms with Gasteiger partial charge in [-0.3, -0.25) is 4.79 Å². The molecule has 0 unspecified atom stereocenters. The van der Waals surface area contributed by atoms with E-state index >= 15 is 0 Å². The van der Waals surface area contributed by atoms with E-state index in [4.69, 9.17) is 14.6 Å². The summed E-state index contributed by atoms with van der Waals surface area (Å²) in [5.41, 5.74) is 0.0803. The molecule has 0 bridgehead atoms. The van der Waals surface area contributed by atoms with E-state index in [0.717, 1.165) is 5.69 Å². The van der Waals surface area contributed by atoms with Crippen LogP contribution < -0.4 is 14.8 Å². The molecule has 0 fully saturated rings. The zero-order chi connectivity index (χ0) is 14.5. The average Bonchev–Trinajstić information content (AvgIpc) is 2.38. The maximum absolute atomic E-state index is 11.0. The number of hydrogen-bond acceptors (Lipinski definition) is 4. The molecule has 106 valence electrons. The Kier molecular flexibility index (Phi) is 5.03. The molecule has 0 saturated heterocycles. The maximum Gasteiger partial charge on any atom is 0.309 e. The fourth-order valence-electron chi connectivity index (χ4n) is 1.56. The second-order valence-corrected chi connectivity index (χ2v) is 4.93. The predicted molar refractivity (Wildman–Crippen MR) is 74.1 cm³/mol. The third-order valence-electron chi connectivity index (χ3n) is 3.05. The lowest BCUT2D eigenvalue weighted by Crippen LogP contribution is -2.26. The number of nitrogens with one attached hydrogen (secondary N) is 1. The van der Waals surface area contributed by atoms with Gasteiger partial charge in [0.1, 0.15) is 11.5 Å². The van der Waals surface area contributed by atoms with Crippen LogP contribution in [0.15, 0.2) is 18.2 Å². The van der Waals surface area contributed by atoms with Gasteiger partial charge in [0.25, 0.3) is 0 Å². The lowest BCUT2D eigenvalue weighted by Gasteiger charge is -2.20. The van der Waals surface area contributed by atoms with Gasteiger partial charge < -0.3 is 19.9 Å². The molecule has 0 aromatic heterocycles. The van der Waals surface area contributed by atoms with E-state index in [1.54, 1.807) is 34.1 Å². The predicted octanol–water partition coefficient (Wildman–Crippen LogP) is 2.62. The normalized spacial score (nSPS) is 10.9. The fourth-order valence-corrected chi connectivity index (χ4v) is 1.56. The van der Waals surface area contributed by atoms with Crippen molar-refractivity contribution in [1.82, 2.24) is 0 Å². The zero-order valence-electron chi connectivity index (χ0n) is 11.8. The van der Waals surface area contributed by atoms with Crippen LogP contribution in [0.3, 0.4) is 0 Å². The van der Waals surface area contributed by atoms with Crippen LogP contribution in [0, 0.1) is 5.41 Å². The van der Waals surface area contributed by atoms with E-state index < -0.39 is 11.4 Å². The Bertz CT molecular complexity index is 443.